The van der Waals surface area contributed by atoms with Gasteiger partial charge in [-0.1, -0.05) is 307 Å². The molecule has 0 bridgehead atoms. The molecule has 0 unspecified atom stereocenters. The minimum absolute atomic E-state index is 0.0325. The van der Waals surface area contributed by atoms with Gasteiger partial charge in [-0.05, 0) is 205 Å². The highest BCUT2D eigenvalue weighted by molar-refractivity contribution is 7.00. The summed E-state index contributed by atoms with van der Waals surface area (Å²) in [5.41, 5.74) is 34.0. The first-order chi connectivity index (χ1) is 47.3. The van der Waals surface area contributed by atoms with Crippen LogP contribution in [0.1, 0.15) is 158 Å². The number of hydrogen-bond acceptors (Lipinski definition) is 3. The molecule has 2 aliphatic heterocycles. The minimum Gasteiger partial charge on any atom is -0.456 e. The van der Waals surface area contributed by atoms with E-state index in [1.54, 1.807) is 0 Å². The summed E-state index contributed by atoms with van der Waals surface area (Å²) in [6.45, 7) is 41.9. The SMILES string of the molecule is CC(C)(C)c1ccc(-c2cc3c4c(c2)N(c2c(-c5ccccc5)cc(C(C)(C)C)cc2-c2ccccc2)c2cc(-c5ccc6oc7ccccc7c6c5)ccc2B4c2ccc(-c4cc(C(C)(C)C)cc(C(C)(C)C)c4)cc2N3c2ccc(-c3cc(C(C)(C)C)cc(C(C)(C)C)c3)cc2)cc1. The fourth-order valence-electron chi connectivity index (χ4n) is 15.2. The fraction of sp³-hybridized carbons (Fsp3) is 0.250. The van der Waals surface area contributed by atoms with Gasteiger partial charge in [-0.25, -0.2) is 0 Å². The fourth-order valence-corrected chi connectivity index (χ4v) is 15.2. The predicted octanol–water partition coefficient (Wildman–Crippen LogP) is 25.5. The Bertz CT molecular complexity index is 5210. The Hall–Kier alpha value is -9.90. The third-order valence-corrected chi connectivity index (χ3v) is 21.4. The van der Waals surface area contributed by atoms with Gasteiger partial charge < -0.3 is 14.2 Å². The van der Waals surface area contributed by atoms with Crippen molar-refractivity contribution >= 4 is 79.2 Å². The van der Waals surface area contributed by atoms with E-state index in [1.807, 2.05) is 0 Å². The smallest absolute Gasteiger partial charge is 0.252 e. The second kappa shape index (κ2) is 23.9. The van der Waals surface area contributed by atoms with Crippen molar-refractivity contribution in [2.75, 3.05) is 9.80 Å². The lowest BCUT2D eigenvalue weighted by molar-refractivity contribution is 0.568. The van der Waals surface area contributed by atoms with E-state index in [0.717, 1.165) is 83.8 Å². The van der Waals surface area contributed by atoms with E-state index >= 15 is 0 Å². The van der Waals surface area contributed by atoms with Gasteiger partial charge >= 0.3 is 0 Å². The molecular formula is C96H95BN2O. The van der Waals surface area contributed by atoms with Gasteiger partial charge in [0.1, 0.15) is 11.2 Å². The van der Waals surface area contributed by atoms with Gasteiger partial charge in [-0.3, -0.25) is 0 Å². The Labute approximate surface area is 595 Å². The van der Waals surface area contributed by atoms with Crippen LogP contribution in [0.15, 0.2) is 253 Å². The molecule has 2 aliphatic rings. The highest BCUT2D eigenvalue weighted by Crippen LogP contribution is 2.54. The summed E-state index contributed by atoms with van der Waals surface area (Å²) < 4.78 is 6.50. The number of anilines is 6. The molecule has 100 heavy (non-hydrogen) atoms. The maximum atomic E-state index is 6.50. The zero-order valence-corrected chi connectivity index (χ0v) is 62.1. The van der Waals surface area contributed by atoms with E-state index < -0.39 is 0 Å². The van der Waals surface area contributed by atoms with Crippen molar-refractivity contribution in [2.24, 2.45) is 0 Å². The number of furan rings is 1. The molecule has 0 spiro atoms. The molecule has 0 amide bonds. The summed E-state index contributed by atoms with van der Waals surface area (Å²) in [5, 5.41) is 2.22. The average molecular weight is 1300 g/mol. The summed E-state index contributed by atoms with van der Waals surface area (Å²) in [5.74, 6) is 0. The zero-order valence-electron chi connectivity index (χ0n) is 62.1. The summed E-state index contributed by atoms with van der Waals surface area (Å²) in [6.07, 6.45) is 0. The molecule has 15 rings (SSSR count). The van der Waals surface area contributed by atoms with Gasteiger partial charge in [-0.15, -0.1) is 0 Å². The van der Waals surface area contributed by atoms with Crippen LogP contribution >= 0.6 is 0 Å². The number of nitrogens with zero attached hydrogens (tertiary/aromatic N) is 2. The first kappa shape index (κ1) is 66.0. The van der Waals surface area contributed by atoms with Crippen molar-refractivity contribution in [3.8, 4) is 66.8 Å². The molecule has 0 fully saturated rings. The highest BCUT2D eigenvalue weighted by Gasteiger charge is 2.45. The molecule has 4 heteroatoms. The number of para-hydroxylation sites is 1. The number of rotatable bonds is 8. The third-order valence-electron chi connectivity index (χ3n) is 21.4. The van der Waals surface area contributed by atoms with Crippen LogP contribution in [0.3, 0.4) is 0 Å². The summed E-state index contributed by atoms with van der Waals surface area (Å²) >= 11 is 0. The van der Waals surface area contributed by atoms with Gasteiger partial charge in [0.25, 0.3) is 6.71 Å². The number of hydrogen-bond donors (Lipinski definition) is 0. The van der Waals surface area contributed by atoms with E-state index in [2.05, 4.69) is 383 Å². The van der Waals surface area contributed by atoms with E-state index in [9.17, 15) is 0 Å². The molecule has 0 N–H and O–H groups in total. The van der Waals surface area contributed by atoms with Crippen molar-refractivity contribution in [2.45, 2.75) is 157 Å². The summed E-state index contributed by atoms with van der Waals surface area (Å²) in [6, 6.07) is 96.0. The second-order valence-corrected chi connectivity index (χ2v) is 34.8. The number of fused-ring (bicyclic) bond motifs is 7. The molecule has 0 saturated heterocycles. The van der Waals surface area contributed by atoms with Crippen LogP contribution in [0.2, 0.25) is 0 Å². The van der Waals surface area contributed by atoms with Crippen molar-refractivity contribution in [3.05, 3.63) is 282 Å². The Balaban J connectivity index is 1.08. The monoisotopic (exact) mass is 1300 g/mol. The van der Waals surface area contributed by atoms with Crippen LogP contribution in [0.25, 0.3) is 88.7 Å². The maximum absolute atomic E-state index is 6.50. The predicted molar refractivity (Wildman–Crippen MR) is 433 cm³/mol. The molecule has 13 aromatic rings. The van der Waals surface area contributed by atoms with E-state index in [1.165, 1.54) is 88.8 Å². The molecule has 1 aromatic heterocycles. The average Bonchev–Trinajstić information content (AvgIpc) is 0.741. The van der Waals surface area contributed by atoms with Gasteiger partial charge in [0.2, 0.25) is 0 Å². The lowest BCUT2D eigenvalue weighted by Gasteiger charge is -2.45. The van der Waals surface area contributed by atoms with Crippen LogP contribution in [-0.4, -0.2) is 6.71 Å². The van der Waals surface area contributed by atoms with Crippen molar-refractivity contribution in [1.29, 1.82) is 0 Å². The first-order valence-corrected chi connectivity index (χ1v) is 36.1. The van der Waals surface area contributed by atoms with E-state index in [-0.39, 0.29) is 39.2 Å². The second-order valence-electron chi connectivity index (χ2n) is 34.8. The molecule has 0 aliphatic carbocycles. The molecule has 0 radical (unpaired) electrons. The Kier molecular flexibility index (Phi) is 15.8. The standard InChI is InChI=1S/C96H95BN2O/c1-91(2,3)70-40-33-60(34-41-70)69-54-85-89-86(55-69)99(90-78(62-27-21-19-22-28-62)58-75(96(16,17)18)59-79(90)63-29-23-20-24-30-63)84-52-65(64-39-46-88-80(51-64)77-31-25-26-32-87(77)100-88)37-44-82(84)97(89)81-45-38-66(68-49-73(94(10,11)12)57-74(50-68)95(13,14)15)53-83(81)98(85)76-42-35-61(36-43-76)67-47-71(92(4,5)6)56-72(48-67)93(7,8)9/h19-59H,1-18H3. The van der Waals surface area contributed by atoms with E-state index in [0.29, 0.717) is 0 Å². The van der Waals surface area contributed by atoms with Gasteiger partial charge in [0.15, 0.2) is 0 Å². The minimum atomic E-state index is -0.182. The lowest BCUT2D eigenvalue weighted by Crippen LogP contribution is -2.61. The highest BCUT2D eigenvalue weighted by atomic mass is 16.3. The van der Waals surface area contributed by atoms with Crippen molar-refractivity contribution in [1.82, 2.24) is 0 Å². The molecule has 0 saturated carbocycles. The van der Waals surface area contributed by atoms with Crippen LogP contribution < -0.4 is 26.2 Å². The quantitative estimate of drug-likeness (QED) is 0.141. The topological polar surface area (TPSA) is 19.6 Å². The van der Waals surface area contributed by atoms with Gasteiger partial charge in [-0.2, -0.15) is 0 Å². The molecule has 3 nitrogen and oxygen atoms in total. The van der Waals surface area contributed by atoms with Crippen LogP contribution in [0, 0.1) is 0 Å². The summed E-state index contributed by atoms with van der Waals surface area (Å²) in [7, 11) is 0. The normalized spacial score (nSPS) is 13.4. The van der Waals surface area contributed by atoms with Crippen LogP contribution in [0.5, 0.6) is 0 Å². The van der Waals surface area contributed by atoms with Crippen molar-refractivity contribution in [3.63, 3.8) is 0 Å². The zero-order chi connectivity index (χ0) is 70.3. The third kappa shape index (κ3) is 12.0. The number of benzene rings is 12. The largest absolute Gasteiger partial charge is 0.456 e. The maximum Gasteiger partial charge on any atom is 0.252 e. The lowest BCUT2D eigenvalue weighted by atomic mass is 9.33. The molecule has 0 atom stereocenters. The van der Waals surface area contributed by atoms with E-state index in [4.69, 9.17) is 4.42 Å². The van der Waals surface area contributed by atoms with Crippen LogP contribution in [0.4, 0.5) is 34.1 Å². The summed E-state index contributed by atoms with van der Waals surface area (Å²) in [4.78, 5) is 5.34. The Morgan fingerprint density at radius 1 is 0.250 bits per heavy atom. The first-order valence-electron chi connectivity index (χ1n) is 36.1. The molecule has 3 heterocycles. The molecular weight excluding hydrogens is 1210 g/mol. The van der Waals surface area contributed by atoms with Crippen molar-refractivity contribution < 1.29 is 4.42 Å². The van der Waals surface area contributed by atoms with Crippen LogP contribution in [-0.2, 0) is 32.5 Å². The Morgan fingerprint density at radius 3 is 1.10 bits per heavy atom. The molecule has 498 valence electrons. The Morgan fingerprint density at radius 2 is 0.610 bits per heavy atom. The van der Waals surface area contributed by atoms with Gasteiger partial charge in [0, 0.05) is 50.3 Å². The molecule has 12 aromatic carbocycles. The van der Waals surface area contributed by atoms with Gasteiger partial charge in [0.05, 0.1) is 5.69 Å².